The highest BCUT2D eigenvalue weighted by atomic mass is 35.5. The lowest BCUT2D eigenvalue weighted by atomic mass is 10.0. The molecule has 0 saturated heterocycles. The van der Waals surface area contributed by atoms with Gasteiger partial charge in [-0.1, -0.05) is 11.6 Å². The minimum Gasteiger partial charge on any atom is -0.349 e. The van der Waals surface area contributed by atoms with Gasteiger partial charge in [0.05, 0.1) is 6.04 Å². The number of amides is 2. The van der Waals surface area contributed by atoms with Gasteiger partial charge in [-0.15, -0.1) is 23.1 Å². The lowest BCUT2D eigenvalue weighted by Gasteiger charge is -2.28. The number of rotatable bonds is 4. The highest BCUT2D eigenvalue weighted by Gasteiger charge is 2.24. The number of carbonyl (C=O) groups excluding carboxylic acids is 2. The molecule has 1 aromatic heterocycles. The number of halogens is 1. The number of carbonyl (C=O) groups is 2. The lowest BCUT2D eigenvalue weighted by molar-refractivity contribution is -0.134. The van der Waals surface area contributed by atoms with E-state index in [9.17, 15) is 9.59 Å². The summed E-state index contributed by atoms with van der Waals surface area (Å²) in [5.74, 6) is 0.957. The van der Waals surface area contributed by atoms with Crippen molar-refractivity contribution in [2.75, 3.05) is 12.3 Å². The fourth-order valence-electron chi connectivity index (χ4n) is 3.62. The topological polar surface area (TPSA) is 49.4 Å². The van der Waals surface area contributed by atoms with E-state index in [0.29, 0.717) is 11.6 Å². The first-order valence-corrected chi connectivity index (χ1v) is 11.4. The highest BCUT2D eigenvalue weighted by molar-refractivity contribution is 7.99. The quantitative estimate of drug-likeness (QED) is 0.796. The Bertz CT molecular complexity index is 867. The average Bonchev–Trinajstić information content (AvgIpc) is 3.14. The fraction of sp³-hybridized carbons (Fsp3) is 0.400. The first-order chi connectivity index (χ1) is 13.1. The maximum absolute atomic E-state index is 12.5. The Morgan fingerprint density at radius 1 is 1.26 bits per heavy atom. The van der Waals surface area contributed by atoms with Gasteiger partial charge in [0.15, 0.2) is 0 Å². The van der Waals surface area contributed by atoms with E-state index in [2.05, 4.69) is 16.8 Å². The molecule has 0 aliphatic carbocycles. The normalized spacial score (nSPS) is 18.6. The average molecular weight is 421 g/mol. The molecule has 0 fully saturated rings. The van der Waals surface area contributed by atoms with Gasteiger partial charge in [-0.05, 0) is 53.6 Å². The first kappa shape index (κ1) is 18.8. The van der Waals surface area contributed by atoms with E-state index in [-0.39, 0.29) is 30.7 Å². The minimum absolute atomic E-state index is 0.0223. The summed E-state index contributed by atoms with van der Waals surface area (Å²) in [5, 5.41) is 5.86. The molecule has 0 spiro atoms. The largest absolute Gasteiger partial charge is 0.349 e. The van der Waals surface area contributed by atoms with Crippen molar-refractivity contribution in [3.8, 4) is 0 Å². The second-order valence-electron chi connectivity index (χ2n) is 6.87. The molecule has 1 aromatic carbocycles. The Balaban J connectivity index is 1.31. The van der Waals surface area contributed by atoms with E-state index in [0.717, 1.165) is 30.7 Å². The molecule has 4 rings (SSSR count). The Morgan fingerprint density at radius 2 is 2.15 bits per heavy atom. The smallest absolute Gasteiger partial charge is 0.223 e. The Kier molecular flexibility index (Phi) is 5.76. The molecule has 0 radical (unpaired) electrons. The molecule has 3 heterocycles. The van der Waals surface area contributed by atoms with Gasteiger partial charge in [0.25, 0.3) is 0 Å². The molecule has 0 saturated carbocycles. The number of hydrogen-bond acceptors (Lipinski definition) is 4. The zero-order valence-corrected chi connectivity index (χ0v) is 17.3. The third-order valence-corrected chi connectivity index (χ3v) is 7.45. The number of thioether (sulfide) groups is 1. The standard InChI is InChI=1S/C20H21ClN2O2S2/c21-14-1-2-18-15(11-14)16(7-10-27-18)22-19(24)3-4-20(25)23-8-5-17-13(12-23)6-9-26-17/h1-2,6,9,11,16H,3-5,7-8,10,12H2,(H,22,24)/t16-/m0/s1. The van der Waals surface area contributed by atoms with Crippen LogP contribution in [0, 0.1) is 0 Å². The number of hydrogen-bond donors (Lipinski definition) is 1. The molecule has 2 aromatic rings. The third kappa shape index (κ3) is 4.33. The summed E-state index contributed by atoms with van der Waals surface area (Å²) < 4.78 is 0. The number of nitrogens with one attached hydrogen (secondary N) is 1. The van der Waals surface area contributed by atoms with Crippen LogP contribution in [0.4, 0.5) is 0 Å². The molecule has 2 amide bonds. The van der Waals surface area contributed by atoms with Crippen molar-refractivity contribution in [2.45, 2.75) is 43.2 Å². The van der Waals surface area contributed by atoms with Gasteiger partial charge < -0.3 is 10.2 Å². The summed E-state index contributed by atoms with van der Waals surface area (Å²) in [6.07, 6.45) is 2.29. The zero-order valence-electron chi connectivity index (χ0n) is 14.9. The van der Waals surface area contributed by atoms with Gasteiger partial charge in [-0.25, -0.2) is 0 Å². The fourth-order valence-corrected chi connectivity index (χ4v) is 5.80. The van der Waals surface area contributed by atoms with Gasteiger partial charge in [-0.3, -0.25) is 9.59 Å². The van der Waals surface area contributed by atoms with Crippen LogP contribution < -0.4 is 5.32 Å². The maximum Gasteiger partial charge on any atom is 0.223 e. The Morgan fingerprint density at radius 3 is 3.04 bits per heavy atom. The third-order valence-electron chi connectivity index (χ3n) is 5.07. The van der Waals surface area contributed by atoms with Crippen LogP contribution in [0.25, 0.3) is 0 Å². The Hall–Kier alpha value is -1.50. The Labute approximate surface area is 172 Å². The van der Waals surface area contributed by atoms with Crippen LogP contribution in [-0.4, -0.2) is 29.0 Å². The van der Waals surface area contributed by atoms with Crippen molar-refractivity contribution in [1.82, 2.24) is 10.2 Å². The summed E-state index contributed by atoms with van der Waals surface area (Å²) in [5.41, 5.74) is 2.33. The van der Waals surface area contributed by atoms with Gasteiger partial charge in [-0.2, -0.15) is 0 Å². The van der Waals surface area contributed by atoms with E-state index in [4.69, 9.17) is 11.6 Å². The van der Waals surface area contributed by atoms with Crippen LogP contribution in [-0.2, 0) is 22.6 Å². The lowest BCUT2D eigenvalue weighted by Crippen LogP contribution is -2.36. The SMILES string of the molecule is O=C(CCC(=O)N1CCc2sccc2C1)N[C@H]1CCSc2ccc(Cl)cc21. The molecular formula is C20H21ClN2O2S2. The van der Waals surface area contributed by atoms with Crippen LogP contribution in [0.1, 0.15) is 41.3 Å². The summed E-state index contributed by atoms with van der Waals surface area (Å²) in [7, 11) is 0. The van der Waals surface area contributed by atoms with Crippen molar-refractivity contribution in [3.63, 3.8) is 0 Å². The summed E-state index contributed by atoms with van der Waals surface area (Å²) >= 11 is 9.67. The molecule has 1 N–H and O–H groups in total. The second-order valence-corrected chi connectivity index (χ2v) is 9.45. The van der Waals surface area contributed by atoms with E-state index in [1.807, 2.05) is 23.1 Å². The zero-order chi connectivity index (χ0) is 18.8. The van der Waals surface area contributed by atoms with E-state index in [1.54, 1.807) is 23.1 Å². The van der Waals surface area contributed by atoms with Gasteiger partial charge in [0, 0.05) is 46.5 Å². The molecule has 2 aliphatic rings. The van der Waals surface area contributed by atoms with E-state index in [1.165, 1.54) is 15.3 Å². The molecule has 2 aliphatic heterocycles. The minimum atomic E-state index is -0.0700. The number of thiophene rings is 1. The van der Waals surface area contributed by atoms with Crippen molar-refractivity contribution in [2.24, 2.45) is 0 Å². The first-order valence-electron chi connectivity index (χ1n) is 9.15. The van der Waals surface area contributed by atoms with E-state index < -0.39 is 0 Å². The van der Waals surface area contributed by atoms with Crippen LogP contribution in [0.3, 0.4) is 0 Å². The van der Waals surface area contributed by atoms with Gasteiger partial charge in [0.2, 0.25) is 11.8 Å². The van der Waals surface area contributed by atoms with Crippen molar-refractivity contribution >= 4 is 46.5 Å². The predicted molar refractivity (Wildman–Crippen MR) is 110 cm³/mol. The highest BCUT2D eigenvalue weighted by Crippen LogP contribution is 2.37. The molecule has 1 atom stereocenters. The molecule has 4 nitrogen and oxygen atoms in total. The number of nitrogens with zero attached hydrogens (tertiary/aromatic N) is 1. The molecule has 7 heteroatoms. The van der Waals surface area contributed by atoms with Crippen molar-refractivity contribution in [1.29, 1.82) is 0 Å². The summed E-state index contributed by atoms with van der Waals surface area (Å²) in [6.45, 7) is 1.42. The van der Waals surface area contributed by atoms with Gasteiger partial charge >= 0.3 is 0 Å². The molecule has 0 bridgehead atoms. The molecule has 0 unspecified atom stereocenters. The van der Waals surface area contributed by atoms with Crippen LogP contribution in [0.15, 0.2) is 34.5 Å². The van der Waals surface area contributed by atoms with Gasteiger partial charge in [0.1, 0.15) is 0 Å². The number of benzene rings is 1. The van der Waals surface area contributed by atoms with Crippen molar-refractivity contribution in [3.05, 3.63) is 50.7 Å². The van der Waals surface area contributed by atoms with E-state index >= 15 is 0 Å². The maximum atomic E-state index is 12.5. The van der Waals surface area contributed by atoms with Crippen LogP contribution in [0.2, 0.25) is 5.02 Å². The number of fused-ring (bicyclic) bond motifs is 2. The van der Waals surface area contributed by atoms with Crippen molar-refractivity contribution < 1.29 is 9.59 Å². The van der Waals surface area contributed by atoms with Crippen LogP contribution in [0.5, 0.6) is 0 Å². The monoisotopic (exact) mass is 420 g/mol. The molecule has 27 heavy (non-hydrogen) atoms. The second kappa shape index (κ2) is 8.25. The predicted octanol–water partition coefficient (Wildman–Crippen LogP) is 4.42. The molecular weight excluding hydrogens is 400 g/mol. The van der Waals surface area contributed by atoms with Crippen LogP contribution >= 0.6 is 34.7 Å². The molecule has 142 valence electrons. The summed E-state index contributed by atoms with van der Waals surface area (Å²) in [6, 6.07) is 7.90. The summed E-state index contributed by atoms with van der Waals surface area (Å²) in [4.78, 5) is 29.4.